The Morgan fingerprint density at radius 1 is 1.14 bits per heavy atom. The molecule has 2 heterocycles. The minimum absolute atomic E-state index is 0.0484. The van der Waals surface area contributed by atoms with Gasteiger partial charge in [-0.2, -0.15) is 17.9 Å². The number of hydrogen-bond acceptors (Lipinski definition) is 4. The first kappa shape index (κ1) is 20.5. The zero-order chi connectivity index (χ0) is 21.0. The molecule has 0 radical (unpaired) electrons. The summed E-state index contributed by atoms with van der Waals surface area (Å²) in [4.78, 5) is 20.6. The van der Waals surface area contributed by atoms with Crippen LogP contribution in [0.1, 0.15) is 28.4 Å². The van der Waals surface area contributed by atoms with Crippen LogP contribution in [-0.2, 0) is 12.7 Å². The van der Waals surface area contributed by atoms with Crippen LogP contribution in [0.3, 0.4) is 0 Å². The molecule has 1 atom stereocenters. The van der Waals surface area contributed by atoms with Gasteiger partial charge in [-0.25, -0.2) is 4.39 Å². The van der Waals surface area contributed by atoms with Crippen molar-refractivity contribution >= 4 is 0 Å². The number of aromatic nitrogens is 2. The summed E-state index contributed by atoms with van der Waals surface area (Å²) in [7, 11) is 1.34. The highest BCUT2D eigenvalue weighted by atomic mass is 19.4. The standard InChI is InChI=1S/C20H17F4N3O2/c1-29-27-12-13(4-9-17(27)28)11-26-18(19-16(21)3-2-10-25-19)14-5-7-15(8-6-14)20(22,23)24/h2-10,12,18,26H,11H2,1H3. The highest BCUT2D eigenvalue weighted by molar-refractivity contribution is 5.32. The zero-order valence-electron chi connectivity index (χ0n) is 15.3. The maximum Gasteiger partial charge on any atom is 0.416 e. The van der Waals surface area contributed by atoms with Crippen LogP contribution in [0.2, 0.25) is 0 Å². The summed E-state index contributed by atoms with van der Waals surface area (Å²) in [6.45, 7) is 0.186. The van der Waals surface area contributed by atoms with Crippen LogP contribution < -0.4 is 15.7 Å². The Labute approximate surface area is 163 Å². The van der Waals surface area contributed by atoms with Crippen molar-refractivity contribution in [3.63, 3.8) is 0 Å². The molecule has 1 aromatic carbocycles. The van der Waals surface area contributed by atoms with Crippen LogP contribution in [0.5, 0.6) is 0 Å². The minimum Gasteiger partial charge on any atom is -0.414 e. The predicted molar refractivity (Wildman–Crippen MR) is 97.5 cm³/mol. The van der Waals surface area contributed by atoms with Gasteiger partial charge in [0.2, 0.25) is 0 Å². The fourth-order valence-corrected chi connectivity index (χ4v) is 2.82. The summed E-state index contributed by atoms with van der Waals surface area (Å²) in [5, 5.41) is 3.08. The lowest BCUT2D eigenvalue weighted by atomic mass is 10.0. The van der Waals surface area contributed by atoms with E-state index < -0.39 is 23.6 Å². The van der Waals surface area contributed by atoms with Crippen molar-refractivity contribution in [2.75, 3.05) is 7.11 Å². The Morgan fingerprint density at radius 3 is 2.48 bits per heavy atom. The molecule has 9 heteroatoms. The van der Waals surface area contributed by atoms with E-state index in [-0.39, 0.29) is 17.8 Å². The summed E-state index contributed by atoms with van der Waals surface area (Å²) in [5.74, 6) is -0.591. The van der Waals surface area contributed by atoms with Crippen LogP contribution in [0.15, 0.2) is 65.7 Å². The van der Waals surface area contributed by atoms with Crippen molar-refractivity contribution in [2.45, 2.75) is 18.8 Å². The molecule has 0 saturated carbocycles. The van der Waals surface area contributed by atoms with Crippen molar-refractivity contribution in [1.82, 2.24) is 15.0 Å². The van der Waals surface area contributed by atoms with Gasteiger partial charge >= 0.3 is 6.18 Å². The van der Waals surface area contributed by atoms with E-state index in [1.165, 1.54) is 49.8 Å². The van der Waals surface area contributed by atoms with E-state index in [4.69, 9.17) is 4.84 Å². The molecule has 0 bridgehead atoms. The molecule has 1 unspecified atom stereocenters. The van der Waals surface area contributed by atoms with Crippen LogP contribution in [0.4, 0.5) is 17.6 Å². The smallest absolute Gasteiger partial charge is 0.414 e. The summed E-state index contributed by atoms with van der Waals surface area (Å²) in [6.07, 6.45) is -1.60. The Balaban J connectivity index is 1.92. The molecule has 0 fully saturated rings. The van der Waals surface area contributed by atoms with Gasteiger partial charge in [0.05, 0.1) is 23.5 Å². The van der Waals surface area contributed by atoms with E-state index in [9.17, 15) is 22.4 Å². The Hall–Kier alpha value is -3.20. The number of halogens is 4. The van der Waals surface area contributed by atoms with Gasteiger partial charge in [0.15, 0.2) is 0 Å². The lowest BCUT2D eigenvalue weighted by molar-refractivity contribution is -0.137. The second-order valence-corrected chi connectivity index (χ2v) is 6.19. The molecule has 3 rings (SSSR count). The van der Waals surface area contributed by atoms with Crippen molar-refractivity contribution in [3.05, 3.63) is 99.5 Å². The van der Waals surface area contributed by atoms with E-state index in [1.807, 2.05) is 0 Å². The van der Waals surface area contributed by atoms with Crippen molar-refractivity contribution in [2.24, 2.45) is 0 Å². The van der Waals surface area contributed by atoms with E-state index >= 15 is 0 Å². The molecule has 1 N–H and O–H groups in total. The lowest BCUT2D eigenvalue weighted by Crippen LogP contribution is -2.27. The Morgan fingerprint density at radius 2 is 1.86 bits per heavy atom. The number of alkyl halides is 3. The number of hydrogen-bond donors (Lipinski definition) is 1. The number of nitrogens with one attached hydrogen (secondary N) is 1. The Kier molecular flexibility index (Phi) is 5.97. The van der Waals surface area contributed by atoms with Gasteiger partial charge in [-0.05, 0) is 35.4 Å². The van der Waals surface area contributed by atoms with Gasteiger partial charge in [0.25, 0.3) is 5.56 Å². The van der Waals surface area contributed by atoms with Gasteiger partial charge in [-0.15, -0.1) is 0 Å². The SMILES string of the molecule is COn1cc(CNC(c2ccc(C(F)(F)F)cc2)c2ncccc2F)ccc1=O. The van der Waals surface area contributed by atoms with Crippen LogP contribution in [-0.4, -0.2) is 16.8 Å². The highest BCUT2D eigenvalue weighted by Gasteiger charge is 2.30. The second kappa shape index (κ2) is 8.44. The van der Waals surface area contributed by atoms with E-state index in [1.54, 1.807) is 6.07 Å². The molecule has 5 nitrogen and oxygen atoms in total. The van der Waals surface area contributed by atoms with Gasteiger partial charge < -0.3 is 10.2 Å². The molecule has 0 amide bonds. The van der Waals surface area contributed by atoms with Crippen molar-refractivity contribution in [3.8, 4) is 0 Å². The molecule has 0 aliphatic carbocycles. The topological polar surface area (TPSA) is 56.1 Å². The highest BCUT2D eigenvalue weighted by Crippen LogP contribution is 2.31. The zero-order valence-corrected chi connectivity index (χ0v) is 15.3. The van der Waals surface area contributed by atoms with Gasteiger partial charge in [-0.1, -0.05) is 18.2 Å². The first-order chi connectivity index (χ1) is 13.8. The summed E-state index contributed by atoms with van der Waals surface area (Å²) in [5.41, 5.74) is -0.0392. The summed E-state index contributed by atoms with van der Waals surface area (Å²) < 4.78 is 53.9. The quantitative estimate of drug-likeness (QED) is 0.637. The van der Waals surface area contributed by atoms with Crippen molar-refractivity contribution in [1.29, 1.82) is 0 Å². The largest absolute Gasteiger partial charge is 0.416 e. The third-order valence-corrected chi connectivity index (χ3v) is 4.28. The fourth-order valence-electron chi connectivity index (χ4n) is 2.82. The molecule has 0 spiro atoms. The average molecular weight is 407 g/mol. The minimum atomic E-state index is -4.47. The lowest BCUT2D eigenvalue weighted by Gasteiger charge is -2.20. The third kappa shape index (κ3) is 4.80. The number of nitrogens with zero attached hydrogens (tertiary/aromatic N) is 2. The Bertz CT molecular complexity index is 1030. The molecule has 0 aliphatic heterocycles. The maximum absolute atomic E-state index is 14.3. The predicted octanol–water partition coefficient (Wildman–Crippen LogP) is 3.34. The molecule has 3 aromatic rings. The van der Waals surface area contributed by atoms with Gasteiger partial charge in [0, 0.05) is 18.8 Å². The first-order valence-corrected chi connectivity index (χ1v) is 8.56. The van der Waals surface area contributed by atoms with Gasteiger partial charge in [-0.3, -0.25) is 9.78 Å². The van der Waals surface area contributed by atoms with Crippen LogP contribution >= 0.6 is 0 Å². The fraction of sp³-hybridized carbons (Fsp3) is 0.200. The monoisotopic (exact) mass is 407 g/mol. The summed E-state index contributed by atoms with van der Waals surface area (Å²) >= 11 is 0. The number of pyridine rings is 2. The number of benzene rings is 1. The van der Waals surface area contributed by atoms with E-state index in [0.717, 1.165) is 16.9 Å². The maximum atomic E-state index is 14.3. The molecular formula is C20H17F4N3O2. The second-order valence-electron chi connectivity index (χ2n) is 6.19. The molecule has 0 aliphatic rings. The third-order valence-electron chi connectivity index (χ3n) is 4.28. The van der Waals surface area contributed by atoms with E-state index in [2.05, 4.69) is 10.3 Å². The van der Waals surface area contributed by atoms with Gasteiger partial charge in [0.1, 0.15) is 12.9 Å². The van der Waals surface area contributed by atoms with Crippen molar-refractivity contribution < 1.29 is 22.4 Å². The summed E-state index contributed by atoms with van der Waals surface area (Å²) in [6, 6.07) is 9.18. The first-order valence-electron chi connectivity index (χ1n) is 8.56. The normalized spacial score (nSPS) is 12.6. The van der Waals surface area contributed by atoms with Crippen LogP contribution in [0.25, 0.3) is 0 Å². The molecule has 0 saturated heterocycles. The number of rotatable bonds is 6. The molecule has 152 valence electrons. The average Bonchev–Trinajstić information content (AvgIpc) is 2.70. The van der Waals surface area contributed by atoms with E-state index in [0.29, 0.717) is 11.1 Å². The van der Waals surface area contributed by atoms with Crippen LogP contribution in [0, 0.1) is 5.82 Å². The molecular weight excluding hydrogens is 390 g/mol. The molecule has 2 aromatic heterocycles. The molecule has 29 heavy (non-hydrogen) atoms.